The molecule has 0 rings (SSSR count). The Labute approximate surface area is 360 Å². The van der Waals surface area contributed by atoms with E-state index >= 15 is 0 Å². The number of aliphatic hydroxyl groups is 3. The molecule has 0 aromatic heterocycles. The van der Waals surface area contributed by atoms with Gasteiger partial charge in [0, 0.05) is 12.8 Å². The molecule has 0 radical (unpaired) electrons. The molecule has 0 aromatic carbocycles. The van der Waals surface area contributed by atoms with E-state index in [2.05, 4.69) is 91.3 Å². The van der Waals surface area contributed by atoms with Crippen LogP contribution in [0.25, 0.3) is 0 Å². The summed E-state index contributed by atoms with van der Waals surface area (Å²) >= 11 is 0. The standard InChI is InChI=1S/C48H73O11P/c1-3-5-7-9-11-12-13-14-15-16-17-18-19-20-21-22-26-30-34-38-47(52)56-42-46(43-58-60(54,55)57-41-45(51)40-49)59-48(53)39-35-31-27-24-23-25-29-33-37-44(50)36-32-28-10-8-6-4-2/h5-8,11-12,14-15,17-18,20-21,24-30,32-33,37,44-46,49-51H,3-4,9-10,13,16,19,22-23,31,34-36,38-43H2,1-2H3,(H,54,55)/b7-5-,8-6-,12-11-,15-14-,18-17-,21-20-,27-24-,29-25-,30-26-,32-28-,37-33+/t44?,45-,46+/m0/s1. The third-order valence-electron chi connectivity index (χ3n) is 7.89. The largest absolute Gasteiger partial charge is 0.472 e. The number of rotatable bonds is 37. The first-order valence-electron chi connectivity index (χ1n) is 21.3. The molecule has 0 saturated heterocycles. The molecular formula is C48H73O11P. The first-order chi connectivity index (χ1) is 29.1. The average Bonchev–Trinajstić information content (AvgIpc) is 3.23. The minimum atomic E-state index is -4.68. The molecule has 4 N–H and O–H groups in total. The number of carbonyl (C=O) groups excluding carboxylic acids is 2. The van der Waals surface area contributed by atoms with E-state index in [-0.39, 0.29) is 12.8 Å². The Balaban J connectivity index is 4.62. The van der Waals surface area contributed by atoms with E-state index in [4.69, 9.17) is 19.1 Å². The van der Waals surface area contributed by atoms with E-state index in [1.54, 1.807) is 6.08 Å². The SMILES string of the molecule is CC/C=C\C/C=C\C/C=C\C/C=C\C/C=C\C/C=C\CCC(=O)OC[C@H](COP(=O)(O)OC[C@@H](O)CO)OC(=O)CCC/C=C\C/C=C\C=C\C(O)C/C=C\C/C=C\CC. The van der Waals surface area contributed by atoms with Crippen molar-refractivity contribution in [3.8, 4) is 0 Å². The molecule has 0 saturated carbocycles. The van der Waals surface area contributed by atoms with Crippen molar-refractivity contribution in [2.75, 3.05) is 26.4 Å². The Hall–Kier alpha value is -3.93. The van der Waals surface area contributed by atoms with Gasteiger partial charge in [0.05, 0.1) is 25.9 Å². The van der Waals surface area contributed by atoms with Crippen LogP contribution in [-0.4, -0.2) is 76.9 Å². The van der Waals surface area contributed by atoms with Crippen molar-refractivity contribution in [2.45, 2.75) is 128 Å². The van der Waals surface area contributed by atoms with Crippen LogP contribution in [-0.2, 0) is 32.7 Å². The molecular weight excluding hydrogens is 783 g/mol. The number of allylic oxidation sites excluding steroid dienone is 20. The third-order valence-corrected chi connectivity index (χ3v) is 8.84. The van der Waals surface area contributed by atoms with Gasteiger partial charge in [0.15, 0.2) is 6.10 Å². The summed E-state index contributed by atoms with van der Waals surface area (Å²) in [6.45, 7) is 1.86. The van der Waals surface area contributed by atoms with Gasteiger partial charge in [-0.2, -0.15) is 0 Å². The second-order valence-electron chi connectivity index (χ2n) is 13.4. The molecule has 0 fully saturated rings. The molecule has 0 spiro atoms. The van der Waals surface area contributed by atoms with Crippen molar-refractivity contribution in [1.82, 2.24) is 0 Å². The summed E-state index contributed by atoms with van der Waals surface area (Å²) < 4.78 is 32.5. The van der Waals surface area contributed by atoms with E-state index in [1.807, 2.05) is 54.7 Å². The third kappa shape index (κ3) is 40.8. The summed E-state index contributed by atoms with van der Waals surface area (Å²) in [6.07, 6.45) is 51.8. The van der Waals surface area contributed by atoms with Crippen molar-refractivity contribution in [2.24, 2.45) is 0 Å². The van der Waals surface area contributed by atoms with Crippen LogP contribution in [0.3, 0.4) is 0 Å². The lowest BCUT2D eigenvalue weighted by atomic mass is 10.2. The Bertz CT molecular complexity index is 1470. The molecule has 0 bridgehead atoms. The second-order valence-corrected chi connectivity index (χ2v) is 14.9. The number of unbranched alkanes of at least 4 members (excludes halogenated alkanes) is 1. The highest BCUT2D eigenvalue weighted by Gasteiger charge is 2.27. The van der Waals surface area contributed by atoms with Crippen LogP contribution in [0.15, 0.2) is 134 Å². The number of esters is 2. The predicted octanol–water partition coefficient (Wildman–Crippen LogP) is 10.3. The van der Waals surface area contributed by atoms with Crippen LogP contribution in [0.2, 0.25) is 0 Å². The highest BCUT2D eigenvalue weighted by Crippen LogP contribution is 2.43. The molecule has 0 amide bonds. The number of hydrogen-bond acceptors (Lipinski definition) is 10. The molecule has 0 aliphatic rings. The molecule has 4 atom stereocenters. The number of phosphoric acid groups is 1. The number of hydrogen-bond donors (Lipinski definition) is 4. The highest BCUT2D eigenvalue weighted by molar-refractivity contribution is 7.47. The maximum Gasteiger partial charge on any atom is 0.472 e. The van der Waals surface area contributed by atoms with Gasteiger partial charge in [-0.15, -0.1) is 0 Å². The van der Waals surface area contributed by atoms with Crippen LogP contribution < -0.4 is 0 Å². The quantitative estimate of drug-likeness (QED) is 0.0154. The van der Waals surface area contributed by atoms with Crippen LogP contribution in [0.1, 0.15) is 110 Å². The summed E-state index contributed by atoms with van der Waals surface area (Å²) in [5.41, 5.74) is 0. The number of ether oxygens (including phenoxy) is 2. The first-order valence-corrected chi connectivity index (χ1v) is 22.7. The average molecular weight is 857 g/mol. The van der Waals surface area contributed by atoms with E-state index in [0.29, 0.717) is 32.1 Å². The Morgan fingerprint density at radius 2 is 1.05 bits per heavy atom. The highest BCUT2D eigenvalue weighted by atomic mass is 31.2. The van der Waals surface area contributed by atoms with Gasteiger partial charge in [0.25, 0.3) is 0 Å². The predicted molar refractivity (Wildman–Crippen MR) is 243 cm³/mol. The summed E-state index contributed by atoms with van der Waals surface area (Å²) in [4.78, 5) is 34.9. The number of phosphoric ester groups is 1. The molecule has 2 unspecified atom stereocenters. The topological polar surface area (TPSA) is 169 Å². The van der Waals surface area contributed by atoms with Crippen molar-refractivity contribution in [3.63, 3.8) is 0 Å². The zero-order valence-corrected chi connectivity index (χ0v) is 36.9. The lowest BCUT2D eigenvalue weighted by molar-refractivity contribution is -0.161. The maximum atomic E-state index is 12.6. The number of aliphatic hydroxyl groups excluding tert-OH is 3. The first kappa shape index (κ1) is 56.1. The van der Waals surface area contributed by atoms with Gasteiger partial charge in [-0.1, -0.05) is 148 Å². The molecule has 0 heterocycles. The van der Waals surface area contributed by atoms with Crippen molar-refractivity contribution < 1.29 is 52.9 Å². The summed E-state index contributed by atoms with van der Waals surface area (Å²) in [5, 5.41) is 28.3. The van der Waals surface area contributed by atoms with E-state index in [9.17, 15) is 29.3 Å². The minimum absolute atomic E-state index is 0.0489. The molecule has 12 heteroatoms. The molecule has 60 heavy (non-hydrogen) atoms. The van der Waals surface area contributed by atoms with Gasteiger partial charge in [-0.25, -0.2) is 4.57 Å². The van der Waals surface area contributed by atoms with Gasteiger partial charge in [0.1, 0.15) is 12.7 Å². The van der Waals surface area contributed by atoms with Crippen LogP contribution >= 0.6 is 7.82 Å². The van der Waals surface area contributed by atoms with Crippen LogP contribution in [0.5, 0.6) is 0 Å². The van der Waals surface area contributed by atoms with Crippen molar-refractivity contribution >= 4 is 19.8 Å². The molecule has 336 valence electrons. The molecule has 0 aromatic rings. The fraction of sp³-hybridized carbons (Fsp3) is 0.500. The van der Waals surface area contributed by atoms with E-state index < -0.39 is 64.5 Å². The maximum absolute atomic E-state index is 12.6. The smallest absolute Gasteiger partial charge is 0.462 e. The van der Waals surface area contributed by atoms with Crippen LogP contribution in [0.4, 0.5) is 0 Å². The summed E-state index contributed by atoms with van der Waals surface area (Å²) in [5.74, 6) is -1.15. The molecule has 11 nitrogen and oxygen atoms in total. The van der Waals surface area contributed by atoms with Crippen molar-refractivity contribution in [1.29, 1.82) is 0 Å². The van der Waals surface area contributed by atoms with E-state index in [1.165, 1.54) is 0 Å². The monoisotopic (exact) mass is 856 g/mol. The van der Waals surface area contributed by atoms with Crippen LogP contribution in [0, 0.1) is 0 Å². The fourth-order valence-electron chi connectivity index (χ4n) is 4.67. The fourth-order valence-corrected chi connectivity index (χ4v) is 5.46. The van der Waals surface area contributed by atoms with Crippen molar-refractivity contribution in [3.05, 3.63) is 134 Å². The number of carbonyl (C=O) groups is 2. The minimum Gasteiger partial charge on any atom is -0.462 e. The Kier molecular flexibility index (Phi) is 39.1. The zero-order valence-electron chi connectivity index (χ0n) is 36.0. The molecule has 0 aliphatic heterocycles. The normalized spacial score (nSPS) is 15.6. The molecule has 0 aliphatic carbocycles. The lowest BCUT2D eigenvalue weighted by Gasteiger charge is -2.20. The van der Waals surface area contributed by atoms with Gasteiger partial charge in [-0.05, 0) is 83.5 Å². The summed E-state index contributed by atoms with van der Waals surface area (Å²) in [6, 6.07) is 0. The van der Waals surface area contributed by atoms with Gasteiger partial charge in [0.2, 0.25) is 0 Å². The zero-order chi connectivity index (χ0) is 44.2. The Morgan fingerprint density at radius 3 is 1.60 bits per heavy atom. The van der Waals surface area contributed by atoms with Gasteiger partial charge < -0.3 is 29.7 Å². The second kappa shape index (κ2) is 41.8. The van der Waals surface area contributed by atoms with Gasteiger partial charge in [-0.3, -0.25) is 18.6 Å². The van der Waals surface area contributed by atoms with E-state index in [0.717, 1.165) is 51.4 Å². The lowest BCUT2D eigenvalue weighted by Crippen LogP contribution is -2.29. The Morgan fingerprint density at radius 1 is 0.567 bits per heavy atom. The summed E-state index contributed by atoms with van der Waals surface area (Å²) in [7, 11) is -4.68. The van der Waals surface area contributed by atoms with Gasteiger partial charge >= 0.3 is 19.8 Å².